The number of pyridine rings is 1. The fraction of sp³-hybridized carbons (Fsp3) is 0.200. The third kappa shape index (κ3) is 5.89. The van der Waals surface area contributed by atoms with Crippen molar-refractivity contribution in [1.29, 1.82) is 0 Å². The number of aryl methyl sites for hydroxylation is 1. The number of carbonyl (C=O) groups is 1. The number of ether oxygens (including phenoxy) is 1. The summed E-state index contributed by atoms with van der Waals surface area (Å²) in [6, 6.07) is 8.84. The normalized spacial score (nSPS) is 10.5. The molecule has 0 saturated heterocycles. The second-order valence-electron chi connectivity index (χ2n) is 6.45. The molecule has 0 aliphatic heterocycles. The van der Waals surface area contributed by atoms with Crippen LogP contribution in [0.5, 0.6) is 5.75 Å². The Morgan fingerprint density at radius 3 is 2.84 bits per heavy atom. The number of thioether (sulfide) groups is 1. The van der Waals surface area contributed by atoms with Gasteiger partial charge in [0.25, 0.3) is 5.69 Å². The lowest BCUT2D eigenvalue weighted by molar-refractivity contribution is -0.384. The second kappa shape index (κ2) is 9.85. The maximum atomic E-state index is 12.6. The highest BCUT2D eigenvalue weighted by molar-refractivity contribution is 7.98. The number of benzene rings is 1. The molecule has 11 heteroatoms. The van der Waals surface area contributed by atoms with Crippen LogP contribution in [0.4, 0.5) is 11.4 Å². The summed E-state index contributed by atoms with van der Waals surface area (Å²) in [7, 11) is 1.37. The Labute approximate surface area is 181 Å². The maximum absolute atomic E-state index is 12.6. The molecule has 0 atom stereocenters. The molecule has 10 nitrogen and oxygen atoms in total. The SMILES string of the molecule is COc1cn(CC(=O)Nc2cccc([N+](=O)[O-])c2)c(CSc2nccc(C)n2)cc1=O. The lowest BCUT2D eigenvalue weighted by Gasteiger charge is -2.14. The van der Waals surface area contributed by atoms with Gasteiger partial charge in [-0.1, -0.05) is 17.8 Å². The minimum atomic E-state index is -0.537. The molecule has 0 radical (unpaired) electrons. The molecule has 1 amide bonds. The van der Waals surface area contributed by atoms with Crippen LogP contribution in [0.15, 0.2) is 58.7 Å². The summed E-state index contributed by atoms with van der Waals surface area (Å²) in [5.74, 6) is 0.0419. The molecular weight excluding hydrogens is 422 g/mol. The minimum absolute atomic E-state index is 0.101. The Morgan fingerprint density at radius 1 is 1.32 bits per heavy atom. The topological polar surface area (TPSA) is 129 Å². The first-order chi connectivity index (χ1) is 14.9. The molecule has 0 aliphatic carbocycles. The highest BCUT2D eigenvalue weighted by Crippen LogP contribution is 2.20. The van der Waals surface area contributed by atoms with Gasteiger partial charge in [0, 0.05) is 47.2 Å². The van der Waals surface area contributed by atoms with Gasteiger partial charge in [-0.2, -0.15) is 0 Å². The number of nitro benzene ring substituents is 1. The van der Waals surface area contributed by atoms with Gasteiger partial charge >= 0.3 is 0 Å². The Morgan fingerprint density at radius 2 is 2.13 bits per heavy atom. The molecule has 31 heavy (non-hydrogen) atoms. The standard InChI is InChI=1S/C20H19N5O5S/c1-13-6-7-21-20(22-13)31-12-16-9-17(26)18(30-2)10-24(16)11-19(27)23-14-4-3-5-15(8-14)25(28)29/h3-10H,11-12H2,1-2H3,(H,23,27). The van der Waals surface area contributed by atoms with Crippen LogP contribution in [-0.4, -0.2) is 32.5 Å². The summed E-state index contributed by atoms with van der Waals surface area (Å²) in [4.78, 5) is 43.7. The predicted molar refractivity (Wildman–Crippen MR) is 115 cm³/mol. The maximum Gasteiger partial charge on any atom is 0.271 e. The Hall–Kier alpha value is -3.73. The zero-order valence-corrected chi connectivity index (χ0v) is 17.6. The van der Waals surface area contributed by atoms with E-state index in [1.54, 1.807) is 22.9 Å². The van der Waals surface area contributed by atoms with Gasteiger partial charge < -0.3 is 14.6 Å². The third-order valence-electron chi connectivity index (χ3n) is 4.18. The van der Waals surface area contributed by atoms with E-state index in [1.165, 1.54) is 49.3 Å². The Kier molecular flexibility index (Phi) is 6.98. The number of carbonyl (C=O) groups excluding carboxylic acids is 1. The molecule has 0 aliphatic rings. The zero-order valence-electron chi connectivity index (χ0n) is 16.8. The van der Waals surface area contributed by atoms with Gasteiger partial charge in [-0.05, 0) is 19.1 Å². The number of hydrogen-bond donors (Lipinski definition) is 1. The number of amides is 1. The van der Waals surface area contributed by atoms with E-state index in [0.717, 1.165) is 5.69 Å². The second-order valence-corrected chi connectivity index (χ2v) is 7.39. The molecule has 0 spiro atoms. The van der Waals surface area contributed by atoms with Gasteiger partial charge in [-0.25, -0.2) is 9.97 Å². The van der Waals surface area contributed by atoms with Gasteiger partial charge in [0.1, 0.15) is 6.54 Å². The van der Waals surface area contributed by atoms with Crippen molar-refractivity contribution < 1.29 is 14.5 Å². The Bertz CT molecular complexity index is 1180. The van der Waals surface area contributed by atoms with Crippen molar-refractivity contribution in [3.05, 3.63) is 80.5 Å². The van der Waals surface area contributed by atoms with Crippen molar-refractivity contribution >= 4 is 29.0 Å². The molecule has 2 heterocycles. The van der Waals surface area contributed by atoms with Crippen molar-refractivity contribution in [1.82, 2.24) is 14.5 Å². The summed E-state index contributed by atoms with van der Waals surface area (Å²) in [5, 5.41) is 14.1. The molecule has 3 aromatic rings. The van der Waals surface area contributed by atoms with Gasteiger partial charge in [0.05, 0.1) is 18.2 Å². The third-order valence-corrected chi connectivity index (χ3v) is 5.07. The predicted octanol–water partition coefficient (Wildman–Crippen LogP) is 2.79. The summed E-state index contributed by atoms with van der Waals surface area (Å²) in [5.41, 5.74) is 1.27. The first-order valence-corrected chi connectivity index (χ1v) is 10.1. The van der Waals surface area contributed by atoms with Gasteiger partial charge in [-0.15, -0.1) is 0 Å². The van der Waals surface area contributed by atoms with Crippen molar-refractivity contribution in [3.8, 4) is 5.75 Å². The number of anilines is 1. The van der Waals surface area contributed by atoms with E-state index in [1.807, 2.05) is 6.92 Å². The summed E-state index contributed by atoms with van der Waals surface area (Å²) >= 11 is 1.33. The van der Waals surface area contributed by atoms with E-state index in [4.69, 9.17) is 4.74 Å². The number of aromatic nitrogens is 3. The number of nitro groups is 1. The molecule has 0 fully saturated rings. The fourth-order valence-electron chi connectivity index (χ4n) is 2.70. The molecule has 2 aromatic heterocycles. The molecule has 1 aromatic carbocycles. The number of non-ortho nitro benzene ring substituents is 1. The van der Waals surface area contributed by atoms with Gasteiger partial charge in [-0.3, -0.25) is 19.7 Å². The summed E-state index contributed by atoms with van der Waals surface area (Å²) < 4.78 is 6.68. The van der Waals surface area contributed by atoms with E-state index in [0.29, 0.717) is 22.3 Å². The van der Waals surface area contributed by atoms with Crippen LogP contribution in [0.1, 0.15) is 11.4 Å². The average molecular weight is 441 g/mol. The Balaban J connectivity index is 1.79. The molecule has 0 saturated carbocycles. The number of nitrogens with one attached hydrogen (secondary N) is 1. The molecule has 0 unspecified atom stereocenters. The van der Waals surface area contributed by atoms with E-state index >= 15 is 0 Å². The van der Waals surface area contributed by atoms with Crippen molar-refractivity contribution in [2.45, 2.75) is 24.4 Å². The lowest BCUT2D eigenvalue weighted by atomic mass is 10.2. The van der Waals surface area contributed by atoms with Crippen molar-refractivity contribution in [2.24, 2.45) is 0 Å². The quantitative estimate of drug-likeness (QED) is 0.244. The number of methoxy groups -OCH3 is 1. The zero-order chi connectivity index (χ0) is 22.4. The highest BCUT2D eigenvalue weighted by Gasteiger charge is 2.13. The number of nitrogens with zero attached hydrogens (tertiary/aromatic N) is 4. The van der Waals surface area contributed by atoms with E-state index in [9.17, 15) is 19.7 Å². The molecule has 0 bridgehead atoms. The molecule has 1 N–H and O–H groups in total. The molecule has 3 rings (SSSR count). The van der Waals surface area contributed by atoms with Crippen molar-refractivity contribution in [2.75, 3.05) is 12.4 Å². The first-order valence-electron chi connectivity index (χ1n) is 9.10. The lowest BCUT2D eigenvalue weighted by Crippen LogP contribution is -2.22. The molecule has 160 valence electrons. The largest absolute Gasteiger partial charge is 0.491 e. The number of hydrogen-bond acceptors (Lipinski definition) is 8. The molecular formula is C20H19N5O5S. The first kappa shape index (κ1) is 22.0. The fourth-order valence-corrected chi connectivity index (χ4v) is 3.57. The average Bonchev–Trinajstić information content (AvgIpc) is 2.73. The summed E-state index contributed by atoms with van der Waals surface area (Å²) in [6.07, 6.45) is 3.11. The van der Waals surface area contributed by atoms with Crippen LogP contribution in [0.3, 0.4) is 0 Å². The van der Waals surface area contributed by atoms with E-state index in [2.05, 4.69) is 15.3 Å². The van der Waals surface area contributed by atoms with Crippen LogP contribution in [0.25, 0.3) is 0 Å². The minimum Gasteiger partial charge on any atom is -0.491 e. The van der Waals surface area contributed by atoms with E-state index in [-0.39, 0.29) is 23.4 Å². The summed E-state index contributed by atoms with van der Waals surface area (Å²) in [6.45, 7) is 1.73. The number of rotatable bonds is 8. The van der Waals surface area contributed by atoms with Gasteiger partial charge in [0.15, 0.2) is 10.9 Å². The van der Waals surface area contributed by atoms with Crippen molar-refractivity contribution in [3.63, 3.8) is 0 Å². The smallest absolute Gasteiger partial charge is 0.271 e. The van der Waals surface area contributed by atoms with Crippen LogP contribution >= 0.6 is 11.8 Å². The van der Waals surface area contributed by atoms with Crippen LogP contribution in [0.2, 0.25) is 0 Å². The van der Waals surface area contributed by atoms with E-state index < -0.39 is 10.8 Å². The monoisotopic (exact) mass is 441 g/mol. The van der Waals surface area contributed by atoms with Gasteiger partial charge in [0.2, 0.25) is 11.3 Å². The highest BCUT2D eigenvalue weighted by atomic mass is 32.2. The van der Waals surface area contributed by atoms with Crippen LogP contribution < -0.4 is 15.5 Å². The van der Waals surface area contributed by atoms with Crippen LogP contribution in [0, 0.1) is 17.0 Å². The van der Waals surface area contributed by atoms with Crippen LogP contribution in [-0.2, 0) is 17.1 Å².